The number of thiocarbonyl (C=S) groups is 1. The van der Waals surface area contributed by atoms with E-state index in [1.807, 2.05) is 43.3 Å². The summed E-state index contributed by atoms with van der Waals surface area (Å²) in [6, 6.07) is 18.8. The Balaban J connectivity index is 1.21. The third kappa shape index (κ3) is 8.77. The number of nitrogens with one attached hydrogen (secondary N) is 3. The zero-order valence-electron chi connectivity index (χ0n) is 23.3. The normalized spacial score (nSPS) is 11.3. The minimum atomic E-state index is -4.74. The molecule has 3 aromatic carbocycles. The van der Waals surface area contributed by atoms with Gasteiger partial charge in [0.25, 0.3) is 0 Å². The zero-order chi connectivity index (χ0) is 30.3. The van der Waals surface area contributed by atoms with E-state index in [1.165, 1.54) is 35.3 Å². The van der Waals surface area contributed by atoms with Crippen LogP contribution in [0.15, 0.2) is 73.1 Å². The first-order chi connectivity index (χ1) is 20.0. The van der Waals surface area contributed by atoms with Crippen molar-refractivity contribution in [3.8, 4) is 22.8 Å². The quantitative estimate of drug-likeness (QED) is 0.144. The molecule has 1 aromatic heterocycles. The molecule has 0 fully saturated rings. The Morgan fingerprint density at radius 3 is 2.43 bits per heavy atom. The summed E-state index contributed by atoms with van der Waals surface area (Å²) in [7, 11) is 0. The van der Waals surface area contributed by atoms with Crippen LogP contribution in [0, 0.1) is 6.92 Å². The van der Waals surface area contributed by atoms with Crippen LogP contribution in [0.4, 0.5) is 23.7 Å². The molecule has 8 nitrogen and oxygen atoms in total. The van der Waals surface area contributed by atoms with Gasteiger partial charge in [0.1, 0.15) is 12.1 Å². The molecule has 2 amide bonds. The fraction of sp³-hybridized carbons (Fsp3) is 0.267. The van der Waals surface area contributed by atoms with Crippen molar-refractivity contribution >= 4 is 29.0 Å². The second-order valence-electron chi connectivity index (χ2n) is 9.94. The molecule has 0 saturated carbocycles. The first kappa shape index (κ1) is 30.5. The number of alkyl halides is 3. The molecule has 3 N–H and O–H groups in total. The summed E-state index contributed by atoms with van der Waals surface area (Å²) in [5.74, 6) is 0.478. The first-order valence-corrected chi connectivity index (χ1v) is 13.7. The van der Waals surface area contributed by atoms with Gasteiger partial charge in [0.2, 0.25) is 0 Å². The lowest BCUT2D eigenvalue weighted by Gasteiger charge is -2.16. The van der Waals surface area contributed by atoms with Gasteiger partial charge in [-0.25, -0.2) is 14.5 Å². The second kappa shape index (κ2) is 13.5. The highest BCUT2D eigenvalue weighted by Crippen LogP contribution is 2.26. The third-order valence-electron chi connectivity index (χ3n) is 6.27. The molecule has 0 atom stereocenters. The van der Waals surface area contributed by atoms with Crippen LogP contribution in [0.3, 0.4) is 0 Å². The Bertz CT molecular complexity index is 1520. The summed E-state index contributed by atoms with van der Waals surface area (Å²) in [5, 5.41) is 13.2. The van der Waals surface area contributed by atoms with Gasteiger partial charge >= 0.3 is 12.4 Å². The number of carbonyl (C=O) groups excluding carboxylic acids is 1. The van der Waals surface area contributed by atoms with Gasteiger partial charge in [0, 0.05) is 17.8 Å². The highest BCUT2D eigenvalue weighted by molar-refractivity contribution is 7.80. The van der Waals surface area contributed by atoms with E-state index in [0.717, 1.165) is 40.8 Å². The minimum Gasteiger partial charge on any atom is -0.406 e. The van der Waals surface area contributed by atoms with Gasteiger partial charge in [-0.3, -0.25) is 5.32 Å². The highest BCUT2D eigenvalue weighted by Gasteiger charge is 2.31. The minimum absolute atomic E-state index is 0.234. The molecule has 0 aliphatic rings. The topological polar surface area (TPSA) is 93.1 Å². The van der Waals surface area contributed by atoms with Crippen LogP contribution in [0.2, 0.25) is 0 Å². The Morgan fingerprint density at radius 2 is 1.76 bits per heavy atom. The van der Waals surface area contributed by atoms with E-state index < -0.39 is 6.36 Å². The summed E-state index contributed by atoms with van der Waals surface area (Å²) < 4.78 is 42.5. The number of amides is 2. The smallest absolute Gasteiger partial charge is 0.406 e. The van der Waals surface area contributed by atoms with Gasteiger partial charge in [-0.2, -0.15) is 0 Å². The van der Waals surface area contributed by atoms with Crippen LogP contribution in [0.1, 0.15) is 42.9 Å². The molecule has 12 heteroatoms. The molecule has 4 rings (SSSR count). The molecule has 0 saturated heterocycles. The van der Waals surface area contributed by atoms with Crippen molar-refractivity contribution in [1.29, 1.82) is 0 Å². The average Bonchev–Trinajstić information content (AvgIpc) is 3.42. The average molecular weight is 597 g/mol. The molecule has 0 radical (unpaired) electrons. The van der Waals surface area contributed by atoms with Gasteiger partial charge in [0.15, 0.2) is 10.9 Å². The summed E-state index contributed by atoms with van der Waals surface area (Å²) in [5.41, 5.74) is 5.58. The Hall–Kier alpha value is -4.45. The van der Waals surface area contributed by atoms with Crippen molar-refractivity contribution in [3.05, 3.63) is 89.7 Å². The van der Waals surface area contributed by atoms with Crippen molar-refractivity contribution < 1.29 is 22.7 Å². The maximum atomic E-state index is 12.4. The van der Waals surface area contributed by atoms with Gasteiger partial charge in [-0.1, -0.05) is 55.8 Å². The van der Waals surface area contributed by atoms with Crippen molar-refractivity contribution in [1.82, 2.24) is 25.4 Å². The number of hydrogen-bond donors (Lipinski definition) is 3. The molecule has 0 spiro atoms. The lowest BCUT2D eigenvalue weighted by molar-refractivity contribution is -0.274. The van der Waals surface area contributed by atoms with E-state index in [9.17, 15) is 18.0 Å². The molecule has 220 valence electrons. The number of rotatable bonds is 9. The number of ether oxygens (including phenoxy) is 1. The van der Waals surface area contributed by atoms with Crippen molar-refractivity contribution in [2.75, 3.05) is 11.9 Å². The lowest BCUT2D eigenvalue weighted by Crippen LogP contribution is -2.42. The van der Waals surface area contributed by atoms with E-state index in [0.29, 0.717) is 24.0 Å². The Morgan fingerprint density at radius 1 is 1.05 bits per heavy atom. The fourth-order valence-corrected chi connectivity index (χ4v) is 4.41. The van der Waals surface area contributed by atoms with Crippen molar-refractivity contribution in [2.24, 2.45) is 0 Å². The standard InChI is InChI=1S/C30H31F3N6O2S/c1-19(2)25-17-20(3)6-15-26(25)36-29(42)37-28(40)34-16-4-5-21-7-9-22(10-8-21)27-35-18-39(38-27)23-11-13-24(14-12-23)41-30(31,32)33/h6-15,17-19H,4-5,16H2,1-3H3,(H3,34,36,37,40,42). The van der Waals surface area contributed by atoms with Crippen LogP contribution < -0.4 is 20.7 Å². The molecule has 0 aliphatic carbocycles. The highest BCUT2D eigenvalue weighted by atomic mass is 32.1. The van der Waals surface area contributed by atoms with Crippen molar-refractivity contribution in [3.63, 3.8) is 0 Å². The number of halogens is 3. The van der Waals surface area contributed by atoms with Crippen LogP contribution in [-0.2, 0) is 6.42 Å². The summed E-state index contributed by atoms with van der Waals surface area (Å²) in [6.07, 6.45) is -1.78. The number of carbonyl (C=O) groups is 1. The number of nitrogens with zero attached hydrogens (tertiary/aromatic N) is 3. The molecule has 4 aromatic rings. The SMILES string of the molecule is Cc1ccc(NC(=S)NC(=O)NCCCc2ccc(-c3ncn(-c4ccc(OC(F)(F)F)cc4)n3)cc2)c(C(C)C)c1. The van der Waals surface area contributed by atoms with Crippen LogP contribution in [0.5, 0.6) is 5.75 Å². The van der Waals surface area contributed by atoms with E-state index in [-0.39, 0.29) is 16.9 Å². The molecule has 0 aliphatic heterocycles. The van der Waals surface area contributed by atoms with E-state index in [1.54, 1.807) is 0 Å². The third-order valence-corrected chi connectivity index (χ3v) is 6.48. The Kier molecular flexibility index (Phi) is 9.79. The molecule has 0 unspecified atom stereocenters. The second-order valence-corrected chi connectivity index (χ2v) is 10.3. The van der Waals surface area contributed by atoms with E-state index in [4.69, 9.17) is 12.2 Å². The number of urea groups is 1. The van der Waals surface area contributed by atoms with E-state index in [2.05, 4.69) is 50.7 Å². The first-order valence-electron chi connectivity index (χ1n) is 13.3. The van der Waals surface area contributed by atoms with E-state index >= 15 is 0 Å². The number of benzene rings is 3. The summed E-state index contributed by atoms with van der Waals surface area (Å²) >= 11 is 5.31. The van der Waals surface area contributed by atoms with Gasteiger partial charge in [0.05, 0.1) is 5.69 Å². The predicted molar refractivity (Wildman–Crippen MR) is 160 cm³/mol. The summed E-state index contributed by atoms with van der Waals surface area (Å²) in [6.45, 7) is 6.71. The monoisotopic (exact) mass is 596 g/mol. The number of aromatic nitrogens is 3. The number of hydrogen-bond acceptors (Lipinski definition) is 5. The summed E-state index contributed by atoms with van der Waals surface area (Å²) in [4.78, 5) is 16.6. The lowest BCUT2D eigenvalue weighted by atomic mass is 9.99. The molecular weight excluding hydrogens is 565 g/mol. The van der Waals surface area contributed by atoms with Crippen LogP contribution >= 0.6 is 12.2 Å². The largest absolute Gasteiger partial charge is 0.573 e. The van der Waals surface area contributed by atoms with Crippen LogP contribution in [-0.4, -0.2) is 38.8 Å². The van der Waals surface area contributed by atoms with Gasteiger partial charge in [-0.15, -0.1) is 18.3 Å². The van der Waals surface area contributed by atoms with Crippen LogP contribution in [0.25, 0.3) is 17.1 Å². The molecule has 0 bridgehead atoms. The number of anilines is 1. The predicted octanol–water partition coefficient (Wildman–Crippen LogP) is 6.89. The van der Waals surface area contributed by atoms with Gasteiger partial charge in [-0.05, 0) is 79.4 Å². The molecular formula is C30H31F3N6O2S. The fourth-order valence-electron chi connectivity index (χ4n) is 4.21. The molecule has 42 heavy (non-hydrogen) atoms. The maximum absolute atomic E-state index is 12.4. The maximum Gasteiger partial charge on any atom is 0.573 e. The molecule has 1 heterocycles. The van der Waals surface area contributed by atoms with Gasteiger partial charge < -0.3 is 15.4 Å². The Labute approximate surface area is 247 Å². The number of aryl methyl sites for hydroxylation is 2. The zero-order valence-corrected chi connectivity index (χ0v) is 24.1. The van der Waals surface area contributed by atoms with Crippen molar-refractivity contribution in [2.45, 2.75) is 45.9 Å².